The SMILES string of the molecule is CN1CC[C@@H](Oc2nc(F)cc(Nc3ccc4c(ccc5sc6c(c54)NCCNC6=O)n3)n2)C1. The van der Waals surface area contributed by atoms with Crippen molar-refractivity contribution in [2.24, 2.45) is 0 Å². The quantitative estimate of drug-likeness (QED) is 0.383. The number of hydrogen-bond donors (Lipinski definition) is 3. The number of nitrogens with zero attached hydrogens (tertiary/aromatic N) is 4. The molecular weight excluding hydrogens is 457 g/mol. The van der Waals surface area contributed by atoms with E-state index in [2.05, 4.69) is 30.8 Å². The number of amides is 1. The second-order valence-electron chi connectivity index (χ2n) is 8.47. The molecule has 34 heavy (non-hydrogen) atoms. The molecule has 11 heteroatoms. The Hall–Kier alpha value is -3.57. The summed E-state index contributed by atoms with van der Waals surface area (Å²) >= 11 is 1.47. The van der Waals surface area contributed by atoms with Gasteiger partial charge in [0, 0.05) is 47.7 Å². The third kappa shape index (κ3) is 3.86. The number of halogens is 1. The Balaban J connectivity index is 1.31. The Morgan fingerprint density at radius 1 is 1.15 bits per heavy atom. The Bertz CT molecular complexity index is 1430. The van der Waals surface area contributed by atoms with Crippen LogP contribution >= 0.6 is 11.3 Å². The number of likely N-dealkylation sites (N-methyl/N-ethyl adjacent to an activating group) is 1. The molecule has 1 saturated heterocycles. The van der Waals surface area contributed by atoms with Crippen LogP contribution in [0.1, 0.15) is 16.1 Å². The monoisotopic (exact) mass is 479 g/mol. The third-order valence-electron chi connectivity index (χ3n) is 5.99. The van der Waals surface area contributed by atoms with Gasteiger partial charge in [-0.15, -0.1) is 11.3 Å². The molecule has 0 saturated carbocycles. The van der Waals surface area contributed by atoms with Gasteiger partial charge in [0.05, 0.1) is 11.2 Å². The maximum absolute atomic E-state index is 14.2. The molecule has 4 aromatic rings. The predicted molar refractivity (Wildman–Crippen MR) is 130 cm³/mol. The Labute approximate surface area is 198 Å². The summed E-state index contributed by atoms with van der Waals surface area (Å²) in [5.41, 5.74) is 1.60. The number of pyridine rings is 1. The van der Waals surface area contributed by atoms with E-state index in [4.69, 9.17) is 9.72 Å². The highest BCUT2D eigenvalue weighted by Gasteiger charge is 2.23. The number of carbonyl (C=O) groups is 1. The van der Waals surface area contributed by atoms with Crippen LogP contribution in [0.3, 0.4) is 0 Å². The standard InChI is InChI=1S/C23H22FN7O2S/c1-31-9-6-12(11-31)33-23-28-16(24)10-18(30-23)29-17-5-2-13-14(27-17)3-4-15-19(13)20-21(34-15)22(32)26-8-7-25-20/h2-5,10,12,25H,6-9,11H2,1H3,(H,26,32)(H,27,28,29,30)/t12-/m1/s1. The van der Waals surface area contributed by atoms with Crippen LogP contribution in [0.5, 0.6) is 6.01 Å². The first-order valence-corrected chi connectivity index (χ1v) is 11.9. The number of thiophene rings is 1. The number of aromatic nitrogens is 3. The summed E-state index contributed by atoms with van der Waals surface area (Å²) in [4.78, 5) is 28.1. The number of carbonyl (C=O) groups excluding carboxylic acids is 1. The minimum absolute atomic E-state index is 0.00983. The lowest BCUT2D eigenvalue weighted by molar-refractivity contribution is 0.0962. The van der Waals surface area contributed by atoms with Gasteiger partial charge in [-0.1, -0.05) is 0 Å². The van der Waals surface area contributed by atoms with E-state index in [0.29, 0.717) is 23.8 Å². The van der Waals surface area contributed by atoms with Gasteiger partial charge < -0.3 is 25.6 Å². The lowest BCUT2D eigenvalue weighted by atomic mass is 10.1. The predicted octanol–water partition coefficient (Wildman–Crippen LogP) is 3.36. The molecule has 1 amide bonds. The van der Waals surface area contributed by atoms with Crippen LogP contribution in [0.2, 0.25) is 0 Å². The highest BCUT2D eigenvalue weighted by Crippen LogP contribution is 2.40. The molecule has 0 spiro atoms. The molecule has 3 aromatic heterocycles. The van der Waals surface area contributed by atoms with E-state index in [9.17, 15) is 9.18 Å². The van der Waals surface area contributed by atoms with E-state index in [1.807, 2.05) is 31.3 Å². The van der Waals surface area contributed by atoms with Gasteiger partial charge in [0.25, 0.3) is 5.91 Å². The van der Waals surface area contributed by atoms with Gasteiger partial charge in [-0.2, -0.15) is 14.4 Å². The molecule has 1 atom stereocenters. The minimum atomic E-state index is -0.674. The van der Waals surface area contributed by atoms with E-state index in [1.54, 1.807) is 0 Å². The Morgan fingerprint density at radius 3 is 2.88 bits per heavy atom. The van der Waals surface area contributed by atoms with Crippen molar-refractivity contribution in [2.75, 3.05) is 43.9 Å². The normalized spacial score (nSPS) is 18.4. The first-order valence-electron chi connectivity index (χ1n) is 11.1. The summed E-state index contributed by atoms with van der Waals surface area (Å²) in [6.45, 7) is 2.92. The average molecular weight is 480 g/mol. The molecule has 1 fully saturated rings. The molecule has 174 valence electrons. The molecule has 1 aromatic carbocycles. The summed E-state index contributed by atoms with van der Waals surface area (Å²) in [7, 11) is 2.01. The van der Waals surface area contributed by atoms with Gasteiger partial charge >= 0.3 is 6.01 Å². The number of likely N-dealkylation sites (tertiary alicyclic amines) is 1. The number of fused-ring (bicyclic) bond motifs is 5. The molecule has 2 aliphatic rings. The summed E-state index contributed by atoms with van der Waals surface area (Å²) in [5, 5.41) is 11.3. The lowest BCUT2D eigenvalue weighted by Crippen LogP contribution is -2.24. The summed E-state index contributed by atoms with van der Waals surface area (Å²) < 4.78 is 21.0. The zero-order valence-electron chi connectivity index (χ0n) is 18.4. The lowest BCUT2D eigenvalue weighted by Gasteiger charge is -2.13. The van der Waals surface area contributed by atoms with Crippen LogP contribution < -0.4 is 20.7 Å². The summed E-state index contributed by atoms with van der Waals surface area (Å²) in [6.07, 6.45) is 0.792. The molecule has 0 bridgehead atoms. The highest BCUT2D eigenvalue weighted by atomic mass is 32.1. The van der Waals surface area contributed by atoms with Crippen molar-refractivity contribution in [3.63, 3.8) is 0 Å². The third-order valence-corrected chi connectivity index (χ3v) is 7.15. The second-order valence-corrected chi connectivity index (χ2v) is 9.52. The molecule has 9 nitrogen and oxygen atoms in total. The second kappa shape index (κ2) is 8.33. The van der Waals surface area contributed by atoms with Crippen molar-refractivity contribution in [1.29, 1.82) is 0 Å². The minimum Gasteiger partial charge on any atom is -0.459 e. The molecule has 0 radical (unpaired) electrons. The van der Waals surface area contributed by atoms with Crippen LogP contribution in [0.4, 0.5) is 21.7 Å². The van der Waals surface area contributed by atoms with E-state index in [0.717, 1.165) is 46.2 Å². The number of anilines is 3. The topological polar surface area (TPSA) is 104 Å². The van der Waals surface area contributed by atoms with Gasteiger partial charge in [0.15, 0.2) is 0 Å². The Kier molecular flexibility index (Phi) is 5.15. The highest BCUT2D eigenvalue weighted by molar-refractivity contribution is 7.21. The van der Waals surface area contributed by atoms with Crippen molar-refractivity contribution in [3.8, 4) is 6.01 Å². The van der Waals surface area contributed by atoms with Crippen molar-refractivity contribution in [3.05, 3.63) is 41.2 Å². The van der Waals surface area contributed by atoms with Crippen molar-refractivity contribution in [1.82, 2.24) is 25.2 Å². The van der Waals surface area contributed by atoms with E-state index in [-0.39, 0.29) is 23.8 Å². The molecule has 0 unspecified atom stereocenters. The molecule has 3 N–H and O–H groups in total. The van der Waals surface area contributed by atoms with Crippen LogP contribution in [-0.2, 0) is 0 Å². The molecule has 5 heterocycles. The van der Waals surface area contributed by atoms with E-state index >= 15 is 0 Å². The van der Waals surface area contributed by atoms with Crippen LogP contribution in [0.15, 0.2) is 30.3 Å². The number of hydrogen-bond acceptors (Lipinski definition) is 9. The van der Waals surface area contributed by atoms with E-state index in [1.165, 1.54) is 17.4 Å². The number of ether oxygens (including phenoxy) is 1. The van der Waals surface area contributed by atoms with Gasteiger partial charge in [0.2, 0.25) is 5.95 Å². The van der Waals surface area contributed by atoms with Crippen molar-refractivity contribution in [2.45, 2.75) is 12.5 Å². The van der Waals surface area contributed by atoms with Crippen molar-refractivity contribution >= 4 is 55.6 Å². The van der Waals surface area contributed by atoms with Crippen molar-refractivity contribution < 1.29 is 13.9 Å². The summed E-state index contributed by atoms with van der Waals surface area (Å²) in [5.74, 6) is 0.0494. The van der Waals surface area contributed by atoms with Crippen LogP contribution in [0.25, 0.3) is 21.0 Å². The Morgan fingerprint density at radius 2 is 2.03 bits per heavy atom. The summed E-state index contributed by atoms with van der Waals surface area (Å²) in [6, 6.07) is 8.88. The van der Waals surface area contributed by atoms with Gasteiger partial charge in [-0.25, -0.2) is 4.98 Å². The largest absolute Gasteiger partial charge is 0.459 e. The molecule has 6 rings (SSSR count). The van der Waals surface area contributed by atoms with Crippen LogP contribution in [0, 0.1) is 5.95 Å². The van der Waals surface area contributed by atoms with Gasteiger partial charge in [-0.3, -0.25) is 4.79 Å². The molecule has 0 aliphatic carbocycles. The average Bonchev–Trinajstić information content (AvgIpc) is 3.34. The fraction of sp³-hybridized carbons (Fsp3) is 0.304. The molecule has 2 aliphatic heterocycles. The van der Waals surface area contributed by atoms with Gasteiger partial charge in [0.1, 0.15) is 22.6 Å². The van der Waals surface area contributed by atoms with Gasteiger partial charge in [-0.05, 0) is 37.7 Å². The molecular formula is C23H22FN7O2S. The first-order chi connectivity index (χ1) is 16.5. The number of benzene rings is 1. The smallest absolute Gasteiger partial charge is 0.321 e. The number of nitrogens with one attached hydrogen (secondary N) is 3. The first kappa shape index (κ1) is 21.0. The maximum Gasteiger partial charge on any atom is 0.321 e. The van der Waals surface area contributed by atoms with Crippen LogP contribution in [-0.4, -0.2) is 65.1 Å². The number of rotatable bonds is 4. The van der Waals surface area contributed by atoms with E-state index < -0.39 is 5.95 Å². The maximum atomic E-state index is 14.2. The fourth-order valence-electron chi connectivity index (χ4n) is 4.43. The fourth-order valence-corrected chi connectivity index (χ4v) is 5.54. The zero-order valence-corrected chi connectivity index (χ0v) is 19.2. The zero-order chi connectivity index (χ0) is 23.2.